The van der Waals surface area contributed by atoms with Crippen LogP contribution >= 0.6 is 0 Å². The Balaban J connectivity index is 3.89. The van der Waals surface area contributed by atoms with E-state index < -0.39 is 23.2 Å². The first kappa shape index (κ1) is 24.6. The highest BCUT2D eigenvalue weighted by molar-refractivity contribution is 7.62. The largest absolute Gasteiger partial charge is 0.328 e. The predicted molar refractivity (Wildman–Crippen MR) is 129 cm³/mol. The van der Waals surface area contributed by atoms with E-state index in [1.54, 1.807) is 0 Å². The second-order valence-corrected chi connectivity index (χ2v) is 35.5. The fourth-order valence-corrected chi connectivity index (χ4v) is 55.3. The van der Waals surface area contributed by atoms with Gasteiger partial charge in [0.2, 0.25) is 0 Å². The van der Waals surface area contributed by atoms with E-state index in [4.69, 9.17) is 0 Å². The molecule has 0 amide bonds. The number of nitrogens with zero attached hydrogens (tertiary/aromatic N) is 1. The molecule has 0 bridgehead atoms. The Morgan fingerprint density at radius 3 is 0.962 bits per heavy atom. The van der Waals surface area contributed by atoms with Gasteiger partial charge in [0.05, 0.1) is 15.2 Å². The molecule has 1 radical (unpaired) electrons. The molecule has 0 aliphatic carbocycles. The molecule has 0 N–H and O–H groups in total. The summed E-state index contributed by atoms with van der Waals surface area (Å²) in [6.07, 6.45) is 2.84. The summed E-state index contributed by atoms with van der Waals surface area (Å²) in [5.41, 5.74) is 0. The number of hydrogen-bond acceptors (Lipinski definition) is 1. The maximum Gasteiger partial charge on any atom is 0.116 e. The van der Waals surface area contributed by atoms with Gasteiger partial charge in [-0.2, -0.15) is 0 Å². The topological polar surface area (TPSA) is 3.24 Å². The van der Waals surface area contributed by atoms with Gasteiger partial charge in [0, 0.05) is 0 Å². The minimum atomic E-state index is -1.61. The van der Waals surface area contributed by atoms with Gasteiger partial charge in [-0.05, 0) is 46.1 Å². The van der Waals surface area contributed by atoms with E-state index in [1.165, 1.54) is 25.9 Å². The minimum Gasteiger partial charge on any atom is -0.328 e. The lowest BCUT2D eigenvalue weighted by molar-refractivity contribution is 0.531. The zero-order valence-electron chi connectivity index (χ0n) is 20.8. The summed E-state index contributed by atoms with van der Waals surface area (Å²) >= 11 is 0. The van der Waals surface area contributed by atoms with Crippen molar-refractivity contribution in [3.63, 3.8) is 0 Å². The van der Waals surface area contributed by atoms with E-state index >= 15 is 0 Å². The molecule has 1 saturated heterocycles. The SMILES string of the molecule is CC(C)(C)[Si](C)([Si](N1CCCC1)[Si](C)(C(C)(C)C)C(C)(C)C)C(C)(C)C. The molecular weight excluding hydrogens is 363 g/mol. The lowest BCUT2D eigenvalue weighted by Gasteiger charge is -2.65. The average Bonchev–Trinajstić information content (AvgIpc) is 2.86. The molecule has 26 heavy (non-hydrogen) atoms. The van der Waals surface area contributed by atoms with Crippen LogP contribution in [0.4, 0.5) is 0 Å². The van der Waals surface area contributed by atoms with Crippen molar-refractivity contribution < 1.29 is 0 Å². The standard InChI is InChI=1S/C22H50NSi3/c1-19(2,3)25(13,20(4,5)6)24(23-17-15-16-18-23)26(14,21(7,8)9)22(10,11)12/h15-18H2,1-14H3. The third-order valence-electron chi connectivity index (χ3n) is 8.37. The Labute approximate surface area is 170 Å². The quantitative estimate of drug-likeness (QED) is 0.431. The first-order valence-electron chi connectivity index (χ1n) is 10.9. The van der Waals surface area contributed by atoms with E-state index in [0.717, 1.165) is 0 Å². The van der Waals surface area contributed by atoms with Crippen LogP contribution in [0.3, 0.4) is 0 Å². The summed E-state index contributed by atoms with van der Waals surface area (Å²) in [5.74, 6) is 0. The average molecular weight is 413 g/mol. The van der Waals surface area contributed by atoms with Crippen LogP contribution < -0.4 is 0 Å². The van der Waals surface area contributed by atoms with E-state index in [9.17, 15) is 0 Å². The van der Waals surface area contributed by atoms with Crippen LogP contribution in [-0.2, 0) is 0 Å². The summed E-state index contributed by atoms with van der Waals surface area (Å²) in [5, 5.41) is 1.75. The normalized spacial score (nSPS) is 19.5. The van der Waals surface area contributed by atoms with Crippen LogP contribution in [0.2, 0.25) is 33.2 Å². The van der Waals surface area contributed by atoms with Crippen molar-refractivity contribution in [3.8, 4) is 0 Å². The Morgan fingerprint density at radius 2 is 0.769 bits per heavy atom. The fraction of sp³-hybridized carbons (Fsp3) is 1.00. The van der Waals surface area contributed by atoms with Crippen molar-refractivity contribution >= 4 is 23.2 Å². The Kier molecular flexibility index (Phi) is 6.77. The lowest BCUT2D eigenvalue weighted by atomic mass is 10.2. The van der Waals surface area contributed by atoms with Crippen molar-refractivity contribution in [1.29, 1.82) is 0 Å². The minimum absolute atomic E-state index is 0.437. The molecule has 155 valence electrons. The Bertz CT molecular complexity index is 413. The number of hydrogen-bond donors (Lipinski definition) is 0. The monoisotopic (exact) mass is 412 g/mol. The Morgan fingerprint density at radius 1 is 0.538 bits per heavy atom. The van der Waals surface area contributed by atoms with Crippen LogP contribution in [-0.4, -0.2) is 40.8 Å². The van der Waals surface area contributed by atoms with Gasteiger partial charge in [-0.15, -0.1) is 0 Å². The molecule has 0 spiro atoms. The Hall–Kier alpha value is 0.611. The van der Waals surface area contributed by atoms with Gasteiger partial charge in [-0.1, -0.05) is 96.2 Å². The third kappa shape index (κ3) is 3.86. The molecule has 0 aromatic rings. The molecular formula is C22H50NSi3. The van der Waals surface area contributed by atoms with Crippen LogP contribution in [0.5, 0.6) is 0 Å². The summed E-state index contributed by atoms with van der Waals surface area (Å²) in [6.45, 7) is 39.5. The molecule has 1 aliphatic rings. The van der Waals surface area contributed by atoms with Gasteiger partial charge in [0.1, 0.15) is 7.99 Å². The lowest BCUT2D eigenvalue weighted by Crippen LogP contribution is -2.81. The van der Waals surface area contributed by atoms with Crippen molar-refractivity contribution in [1.82, 2.24) is 4.57 Å². The zero-order valence-corrected chi connectivity index (χ0v) is 23.8. The highest BCUT2D eigenvalue weighted by Gasteiger charge is 2.67. The third-order valence-corrected chi connectivity index (χ3v) is 48.9. The van der Waals surface area contributed by atoms with Gasteiger partial charge in [-0.25, -0.2) is 0 Å². The van der Waals surface area contributed by atoms with E-state index in [2.05, 4.69) is 101 Å². The predicted octanol–water partition coefficient (Wildman–Crippen LogP) is 7.59. The van der Waals surface area contributed by atoms with Gasteiger partial charge in [-0.3, -0.25) is 0 Å². The van der Waals surface area contributed by atoms with Crippen molar-refractivity contribution in [2.75, 3.05) is 13.1 Å². The summed E-state index contributed by atoms with van der Waals surface area (Å²) < 4.78 is 3.11. The first-order chi connectivity index (χ1) is 11.2. The molecule has 4 heteroatoms. The maximum absolute atomic E-state index is 3.11. The van der Waals surface area contributed by atoms with Gasteiger partial charge in [0.15, 0.2) is 0 Å². The molecule has 1 fully saturated rings. The molecule has 1 aliphatic heterocycles. The van der Waals surface area contributed by atoms with E-state index in [1.807, 2.05) is 0 Å². The molecule has 0 aromatic heterocycles. The highest BCUT2D eigenvalue weighted by atomic mass is 29.6. The van der Waals surface area contributed by atoms with Crippen LogP contribution in [0.25, 0.3) is 0 Å². The molecule has 0 atom stereocenters. The van der Waals surface area contributed by atoms with Crippen LogP contribution in [0.1, 0.15) is 95.9 Å². The molecule has 1 nitrogen and oxygen atoms in total. The zero-order chi connectivity index (χ0) is 21.0. The van der Waals surface area contributed by atoms with Gasteiger partial charge >= 0.3 is 0 Å². The molecule has 0 saturated carbocycles. The van der Waals surface area contributed by atoms with Gasteiger partial charge in [0.25, 0.3) is 0 Å². The number of rotatable bonds is 3. The van der Waals surface area contributed by atoms with Crippen molar-refractivity contribution in [2.45, 2.75) is 129 Å². The van der Waals surface area contributed by atoms with Crippen molar-refractivity contribution in [3.05, 3.63) is 0 Å². The molecule has 0 unspecified atom stereocenters. The fourth-order valence-electron chi connectivity index (χ4n) is 5.74. The molecule has 0 aromatic carbocycles. The van der Waals surface area contributed by atoms with Crippen LogP contribution in [0, 0.1) is 0 Å². The summed E-state index contributed by atoms with van der Waals surface area (Å²) in [4.78, 5) is 0. The molecule has 1 heterocycles. The summed E-state index contributed by atoms with van der Waals surface area (Å²) in [6, 6.07) is 0. The first-order valence-corrected chi connectivity index (χ1v) is 19.3. The smallest absolute Gasteiger partial charge is 0.116 e. The summed E-state index contributed by atoms with van der Waals surface area (Å²) in [7, 11) is -3.84. The second-order valence-electron chi connectivity index (χ2n) is 13.3. The van der Waals surface area contributed by atoms with E-state index in [-0.39, 0.29) is 0 Å². The molecule has 1 rings (SSSR count). The highest BCUT2D eigenvalue weighted by Crippen LogP contribution is 2.61. The second kappa shape index (κ2) is 7.14. The van der Waals surface area contributed by atoms with Crippen molar-refractivity contribution in [2.24, 2.45) is 0 Å². The van der Waals surface area contributed by atoms with Crippen LogP contribution in [0.15, 0.2) is 0 Å². The maximum atomic E-state index is 3.11. The van der Waals surface area contributed by atoms with Gasteiger partial charge < -0.3 is 4.57 Å². The van der Waals surface area contributed by atoms with E-state index in [0.29, 0.717) is 20.2 Å².